The fourth-order valence-corrected chi connectivity index (χ4v) is 3.32. The molecule has 0 amide bonds. The van der Waals surface area contributed by atoms with Crippen molar-refractivity contribution in [2.75, 3.05) is 52.6 Å². The molecule has 3 rings (SSSR count). The molecule has 0 N–H and O–H groups in total. The van der Waals surface area contributed by atoms with Gasteiger partial charge in [-0.15, -0.1) is 0 Å². The molecule has 0 aromatic carbocycles. The Morgan fingerprint density at radius 2 is 1.05 bits per heavy atom. The summed E-state index contributed by atoms with van der Waals surface area (Å²) in [5.41, 5.74) is 0. The van der Waals surface area contributed by atoms with Gasteiger partial charge in [-0.3, -0.25) is 19.4 Å². The number of nitrogens with zero attached hydrogens (tertiary/aromatic N) is 2. The molecule has 0 bridgehead atoms. The number of hydrogen-bond donors (Lipinski definition) is 0. The lowest BCUT2D eigenvalue weighted by atomic mass is 9.86. The molecule has 2 heterocycles. The number of ether oxygens (including phenoxy) is 2. The molecule has 20 heavy (non-hydrogen) atoms. The first-order valence-corrected chi connectivity index (χ1v) is 7.45. The van der Waals surface area contributed by atoms with Crippen molar-refractivity contribution in [3.8, 4) is 0 Å². The second kappa shape index (κ2) is 6.30. The van der Waals surface area contributed by atoms with Crippen LogP contribution >= 0.6 is 0 Å². The Labute approximate surface area is 119 Å². The molecule has 0 aromatic rings. The number of ketones is 2. The maximum absolute atomic E-state index is 12.4. The zero-order valence-electron chi connectivity index (χ0n) is 11.8. The van der Waals surface area contributed by atoms with Gasteiger partial charge in [-0.1, -0.05) is 0 Å². The first-order valence-electron chi connectivity index (χ1n) is 7.45. The monoisotopic (exact) mass is 282 g/mol. The van der Waals surface area contributed by atoms with Gasteiger partial charge in [-0.2, -0.15) is 0 Å². The van der Waals surface area contributed by atoms with Crippen LogP contribution < -0.4 is 0 Å². The van der Waals surface area contributed by atoms with Gasteiger partial charge in [0, 0.05) is 39.0 Å². The summed E-state index contributed by atoms with van der Waals surface area (Å²) in [6.45, 7) is 5.65. The fourth-order valence-electron chi connectivity index (χ4n) is 3.32. The summed E-state index contributed by atoms with van der Waals surface area (Å²) in [6.07, 6.45) is 0.724. The van der Waals surface area contributed by atoms with Crippen LogP contribution in [-0.2, 0) is 19.1 Å². The van der Waals surface area contributed by atoms with Crippen molar-refractivity contribution >= 4 is 11.6 Å². The number of carbonyl (C=O) groups excluding carboxylic acids is 2. The average Bonchev–Trinajstić information content (AvgIpc) is 2.51. The van der Waals surface area contributed by atoms with E-state index in [1.807, 2.05) is 0 Å². The summed E-state index contributed by atoms with van der Waals surface area (Å²) < 4.78 is 10.6. The van der Waals surface area contributed by atoms with E-state index in [0.717, 1.165) is 26.2 Å². The minimum Gasteiger partial charge on any atom is -0.379 e. The maximum Gasteiger partial charge on any atom is 0.152 e. The van der Waals surface area contributed by atoms with Gasteiger partial charge in [-0.05, 0) is 0 Å². The highest BCUT2D eigenvalue weighted by Gasteiger charge is 2.40. The predicted molar refractivity (Wildman–Crippen MR) is 71.6 cm³/mol. The first kappa shape index (κ1) is 14.1. The van der Waals surface area contributed by atoms with Gasteiger partial charge in [0.25, 0.3) is 0 Å². The van der Waals surface area contributed by atoms with Crippen LogP contribution in [0.5, 0.6) is 0 Å². The third-order valence-electron chi connectivity index (χ3n) is 4.51. The van der Waals surface area contributed by atoms with Gasteiger partial charge in [0.2, 0.25) is 0 Å². The highest BCUT2D eigenvalue weighted by Crippen LogP contribution is 2.23. The van der Waals surface area contributed by atoms with E-state index in [2.05, 4.69) is 9.80 Å². The summed E-state index contributed by atoms with van der Waals surface area (Å²) in [5, 5.41) is 0. The Morgan fingerprint density at radius 1 is 0.700 bits per heavy atom. The smallest absolute Gasteiger partial charge is 0.152 e. The SMILES string of the molecule is O=C1C[C@H](N2CCOCC2)C(=O)C[C@@H]1N1CCOCC1. The van der Waals surface area contributed by atoms with Crippen molar-refractivity contribution in [1.29, 1.82) is 0 Å². The van der Waals surface area contributed by atoms with Crippen molar-refractivity contribution < 1.29 is 19.1 Å². The van der Waals surface area contributed by atoms with Crippen LogP contribution in [-0.4, -0.2) is 86.1 Å². The molecule has 1 saturated carbocycles. The van der Waals surface area contributed by atoms with Crippen LogP contribution in [0.3, 0.4) is 0 Å². The van der Waals surface area contributed by atoms with E-state index in [9.17, 15) is 9.59 Å². The summed E-state index contributed by atoms with van der Waals surface area (Å²) in [7, 11) is 0. The van der Waals surface area contributed by atoms with Gasteiger partial charge in [0.1, 0.15) is 0 Å². The lowest BCUT2D eigenvalue weighted by Gasteiger charge is -2.40. The Balaban J connectivity index is 1.63. The molecule has 0 aromatic heterocycles. The fraction of sp³-hybridized carbons (Fsp3) is 0.857. The molecular weight excluding hydrogens is 260 g/mol. The summed E-state index contributed by atoms with van der Waals surface area (Å²) in [6, 6.07) is -0.438. The third-order valence-corrected chi connectivity index (χ3v) is 4.51. The van der Waals surface area contributed by atoms with Crippen LogP contribution in [0.25, 0.3) is 0 Å². The van der Waals surface area contributed by atoms with Crippen molar-refractivity contribution in [2.24, 2.45) is 0 Å². The van der Waals surface area contributed by atoms with Gasteiger partial charge >= 0.3 is 0 Å². The normalized spacial score (nSPS) is 34.4. The van der Waals surface area contributed by atoms with Gasteiger partial charge in [0.05, 0.1) is 38.5 Å². The Kier molecular flexibility index (Phi) is 4.45. The van der Waals surface area contributed by atoms with E-state index in [0.29, 0.717) is 39.3 Å². The molecule has 112 valence electrons. The molecule has 2 saturated heterocycles. The van der Waals surface area contributed by atoms with E-state index in [-0.39, 0.29) is 23.7 Å². The van der Waals surface area contributed by atoms with Crippen molar-refractivity contribution in [2.45, 2.75) is 24.9 Å². The number of carbonyl (C=O) groups is 2. The highest BCUT2D eigenvalue weighted by atomic mass is 16.5. The van der Waals surface area contributed by atoms with E-state index in [1.54, 1.807) is 0 Å². The number of Topliss-reactive ketones (excluding diaryl/α,β-unsaturated/α-hetero) is 2. The van der Waals surface area contributed by atoms with E-state index in [1.165, 1.54) is 0 Å². The second-order valence-electron chi connectivity index (χ2n) is 5.67. The van der Waals surface area contributed by atoms with Crippen LogP contribution in [0.4, 0.5) is 0 Å². The zero-order chi connectivity index (χ0) is 13.9. The van der Waals surface area contributed by atoms with Crippen LogP contribution in [0.1, 0.15) is 12.8 Å². The standard InChI is InChI=1S/C14H22N2O4/c17-13-10-12(16-3-7-20-8-4-16)14(18)9-11(13)15-1-5-19-6-2-15/h11-12H,1-10H2/t11-,12-/m0/s1. The van der Waals surface area contributed by atoms with Gasteiger partial charge in [0.15, 0.2) is 11.6 Å². The molecule has 6 nitrogen and oxygen atoms in total. The van der Waals surface area contributed by atoms with Crippen molar-refractivity contribution in [3.63, 3.8) is 0 Å². The molecular formula is C14H22N2O4. The topological polar surface area (TPSA) is 59.1 Å². The van der Waals surface area contributed by atoms with Gasteiger partial charge < -0.3 is 9.47 Å². The summed E-state index contributed by atoms with van der Waals surface area (Å²) in [4.78, 5) is 29.0. The molecule has 6 heteroatoms. The molecule has 3 fully saturated rings. The van der Waals surface area contributed by atoms with Crippen molar-refractivity contribution in [1.82, 2.24) is 9.80 Å². The highest BCUT2D eigenvalue weighted by molar-refractivity contribution is 6.00. The van der Waals surface area contributed by atoms with Crippen LogP contribution in [0.2, 0.25) is 0 Å². The Hall–Kier alpha value is -0.820. The van der Waals surface area contributed by atoms with E-state index < -0.39 is 0 Å². The molecule has 0 radical (unpaired) electrons. The average molecular weight is 282 g/mol. The van der Waals surface area contributed by atoms with E-state index >= 15 is 0 Å². The molecule has 2 aliphatic heterocycles. The second-order valence-corrected chi connectivity index (χ2v) is 5.67. The van der Waals surface area contributed by atoms with E-state index in [4.69, 9.17) is 9.47 Å². The minimum absolute atomic E-state index is 0.211. The van der Waals surface area contributed by atoms with Gasteiger partial charge in [-0.25, -0.2) is 0 Å². The maximum atomic E-state index is 12.4. The summed E-state index contributed by atoms with van der Waals surface area (Å²) in [5.74, 6) is 0.422. The summed E-state index contributed by atoms with van der Waals surface area (Å²) >= 11 is 0. The first-order chi connectivity index (χ1) is 9.75. The minimum atomic E-state index is -0.219. The number of hydrogen-bond acceptors (Lipinski definition) is 6. The quantitative estimate of drug-likeness (QED) is 0.669. The van der Waals surface area contributed by atoms with Crippen molar-refractivity contribution in [3.05, 3.63) is 0 Å². The lowest BCUT2D eigenvalue weighted by molar-refractivity contribution is -0.142. The zero-order valence-corrected chi connectivity index (χ0v) is 11.8. The third kappa shape index (κ3) is 2.93. The lowest BCUT2D eigenvalue weighted by Crippen LogP contribution is -2.57. The van der Waals surface area contributed by atoms with Crippen LogP contribution in [0, 0.1) is 0 Å². The molecule has 1 aliphatic carbocycles. The molecule has 0 unspecified atom stereocenters. The molecule has 0 spiro atoms. The Bertz CT molecular complexity index is 339. The largest absolute Gasteiger partial charge is 0.379 e. The van der Waals surface area contributed by atoms with Crippen LogP contribution in [0.15, 0.2) is 0 Å². The number of morpholine rings is 2. The molecule has 3 aliphatic rings. The Morgan fingerprint density at radius 3 is 1.40 bits per heavy atom. The predicted octanol–water partition coefficient (Wildman–Crippen LogP) is -0.680. The molecule has 2 atom stereocenters. The number of rotatable bonds is 2.